The first-order valence-corrected chi connectivity index (χ1v) is 19.2. The van der Waals surface area contributed by atoms with E-state index in [0.717, 1.165) is 30.7 Å². The second-order valence-corrected chi connectivity index (χ2v) is 12.0. The first-order chi connectivity index (χ1) is 22.5. The van der Waals surface area contributed by atoms with E-state index in [-0.39, 0.29) is 0 Å². The van der Waals surface area contributed by atoms with Crippen molar-refractivity contribution in [3.63, 3.8) is 0 Å². The zero-order valence-electron chi connectivity index (χ0n) is 30.0. The van der Waals surface area contributed by atoms with Crippen molar-refractivity contribution in [2.45, 2.75) is 138 Å². The molecular weight excluding hydrogens is 625 g/mol. The molecule has 46 heavy (non-hydrogen) atoms. The fraction of sp³-hybridized carbons (Fsp3) is 0.488. The van der Waals surface area contributed by atoms with Crippen LogP contribution in [0.5, 0.6) is 0 Å². The number of halogens is 1. The number of unbranched alkanes of at least 4 members (excludes halogenated alkanes) is 8. The Hall–Kier alpha value is -2.15. The third kappa shape index (κ3) is 15.2. The molecule has 0 saturated carbocycles. The molecular formula is C43H61ClNNi-2. The Morgan fingerprint density at radius 2 is 1.35 bits per heavy atom. The van der Waals surface area contributed by atoms with Crippen LogP contribution in [0.2, 0.25) is 0 Å². The van der Waals surface area contributed by atoms with Crippen LogP contribution in [-0.4, -0.2) is 5.71 Å². The molecule has 0 unspecified atom stereocenters. The average molecular weight is 686 g/mol. The van der Waals surface area contributed by atoms with Gasteiger partial charge in [-0.3, -0.25) is 0 Å². The summed E-state index contributed by atoms with van der Waals surface area (Å²) < 4.78 is 0. The average Bonchev–Trinajstić information content (AvgIpc) is 3.09. The molecule has 0 aromatic heterocycles. The summed E-state index contributed by atoms with van der Waals surface area (Å²) in [7, 11) is 4.26. The third-order valence-corrected chi connectivity index (χ3v) is 8.50. The summed E-state index contributed by atoms with van der Waals surface area (Å²) in [6, 6.07) is 22.4. The normalized spacial score (nSPS) is 11.5. The summed E-state index contributed by atoms with van der Waals surface area (Å²) in [5.41, 5.74) is 12.8. The van der Waals surface area contributed by atoms with E-state index in [4.69, 9.17) is 4.99 Å². The molecule has 0 amide bonds. The molecule has 0 aliphatic carbocycles. The van der Waals surface area contributed by atoms with Crippen molar-refractivity contribution in [1.29, 1.82) is 0 Å². The van der Waals surface area contributed by atoms with Crippen molar-refractivity contribution in [2.75, 3.05) is 0 Å². The molecule has 0 bridgehead atoms. The molecule has 257 valence electrons. The predicted octanol–water partition coefficient (Wildman–Crippen LogP) is 14.1. The quantitative estimate of drug-likeness (QED) is 0.0547. The van der Waals surface area contributed by atoms with Crippen molar-refractivity contribution in [3.8, 4) is 11.1 Å². The van der Waals surface area contributed by atoms with Gasteiger partial charge in [0.25, 0.3) is 0 Å². The van der Waals surface area contributed by atoms with Gasteiger partial charge in [0.2, 0.25) is 0 Å². The summed E-state index contributed by atoms with van der Waals surface area (Å²) in [6.07, 6.45) is 21.2. The first kappa shape index (κ1) is 41.9. The Balaban J connectivity index is 0.00000254. The van der Waals surface area contributed by atoms with Gasteiger partial charge in [0, 0.05) is 0 Å². The minimum atomic E-state index is 0.916. The minimum absolute atomic E-state index is 0.916. The molecule has 0 spiro atoms. The fourth-order valence-electron chi connectivity index (χ4n) is 6.09. The third-order valence-electron chi connectivity index (χ3n) is 8.50. The molecule has 3 heteroatoms. The number of allylic oxidation sites excluding steroid dienone is 1. The Morgan fingerprint density at radius 1 is 0.739 bits per heavy atom. The van der Waals surface area contributed by atoms with Gasteiger partial charge in [0.15, 0.2) is 0 Å². The Morgan fingerprint density at radius 3 is 1.98 bits per heavy atom. The molecule has 0 N–H and O–H groups in total. The molecule has 0 radical (unpaired) electrons. The van der Waals surface area contributed by atoms with Crippen LogP contribution in [0, 0.1) is 19.9 Å². The number of hydrogen-bond donors (Lipinski definition) is 0. The zero-order valence-corrected chi connectivity index (χ0v) is 31.8. The van der Waals surface area contributed by atoms with E-state index < -0.39 is 0 Å². The van der Waals surface area contributed by atoms with Crippen LogP contribution in [0.3, 0.4) is 0 Å². The number of nitrogens with zero attached hydrogens (tertiary/aromatic N) is 1. The fourth-order valence-corrected chi connectivity index (χ4v) is 6.09. The number of rotatable bonds is 18. The van der Waals surface area contributed by atoms with Gasteiger partial charge in [-0.1, -0.05) is 145 Å². The van der Waals surface area contributed by atoms with Gasteiger partial charge in [0.05, 0.1) is 5.69 Å². The number of aliphatic imine (C=N–C) groups is 1. The van der Waals surface area contributed by atoms with Crippen molar-refractivity contribution < 1.29 is 14.6 Å². The molecule has 3 aromatic carbocycles. The van der Waals surface area contributed by atoms with Gasteiger partial charge in [-0.05, 0) is 73.6 Å². The van der Waals surface area contributed by atoms with Crippen molar-refractivity contribution >= 4 is 21.6 Å². The van der Waals surface area contributed by atoms with Crippen molar-refractivity contribution in [2.24, 2.45) is 4.99 Å². The van der Waals surface area contributed by atoms with E-state index in [1.165, 1.54) is 115 Å². The number of hydrogen-bond acceptors (Lipinski definition) is 1. The number of aryl methyl sites for hydroxylation is 3. The predicted molar refractivity (Wildman–Crippen MR) is 203 cm³/mol. The second kappa shape index (κ2) is 25.9. The summed E-state index contributed by atoms with van der Waals surface area (Å²) in [4.78, 5) is 5.20. The number of benzene rings is 3. The van der Waals surface area contributed by atoms with E-state index in [9.17, 15) is 0 Å². The van der Waals surface area contributed by atoms with Crippen LogP contribution in [0.25, 0.3) is 11.1 Å². The molecule has 3 aromatic rings. The van der Waals surface area contributed by atoms with E-state index >= 15 is 0 Å². The van der Waals surface area contributed by atoms with Crippen LogP contribution in [-0.2, 0) is 33.8 Å². The van der Waals surface area contributed by atoms with Crippen molar-refractivity contribution in [3.05, 3.63) is 107 Å². The topological polar surface area (TPSA) is 12.4 Å². The molecule has 3 rings (SSSR count). The van der Waals surface area contributed by atoms with Gasteiger partial charge >= 0.3 is 24.8 Å². The Kier molecular flexibility index (Phi) is 23.6. The molecule has 0 aliphatic rings. The molecule has 0 atom stereocenters. The second-order valence-electron chi connectivity index (χ2n) is 12.0. The Labute approximate surface area is 296 Å². The first-order valence-electron chi connectivity index (χ1n) is 17.8. The van der Waals surface area contributed by atoms with Crippen LogP contribution >= 0.6 is 10.2 Å². The summed E-state index contributed by atoms with van der Waals surface area (Å²) >= 11 is 3.35. The molecule has 0 fully saturated rings. The van der Waals surface area contributed by atoms with E-state index in [1.54, 1.807) is 6.92 Å². The molecule has 1 nitrogen and oxygen atoms in total. The van der Waals surface area contributed by atoms with Crippen LogP contribution in [0.1, 0.15) is 140 Å². The van der Waals surface area contributed by atoms with Gasteiger partial charge < -0.3 is 11.9 Å². The van der Waals surface area contributed by atoms with E-state index in [2.05, 4.69) is 140 Å². The SMILES string of the molecule is CCCCCCCCc1cc([C-]=C(CC)C(C)=Nc2cc(CCCCCC)cc(-c3ccccc3)c2)cc(C)c1CC.[CH2-]C.[Cl][Ni]. The summed E-state index contributed by atoms with van der Waals surface area (Å²) in [5.74, 6) is 0. The maximum absolute atomic E-state index is 5.20. The van der Waals surface area contributed by atoms with Crippen LogP contribution < -0.4 is 0 Å². The zero-order chi connectivity index (χ0) is 34.2. The van der Waals surface area contributed by atoms with E-state index in [0.29, 0.717) is 0 Å². The van der Waals surface area contributed by atoms with Gasteiger partial charge in [-0.2, -0.15) is 6.92 Å². The van der Waals surface area contributed by atoms with Gasteiger partial charge in [0.1, 0.15) is 0 Å². The van der Waals surface area contributed by atoms with Gasteiger partial charge in [-0.15, -0.1) is 29.3 Å². The summed E-state index contributed by atoms with van der Waals surface area (Å²) in [6.45, 7) is 18.5. The Bertz CT molecular complexity index is 1290. The molecule has 0 heterocycles. The van der Waals surface area contributed by atoms with Crippen LogP contribution in [0.15, 0.2) is 71.2 Å². The monoisotopic (exact) mass is 684 g/mol. The van der Waals surface area contributed by atoms with Gasteiger partial charge in [-0.25, -0.2) is 0 Å². The van der Waals surface area contributed by atoms with Crippen LogP contribution in [0.4, 0.5) is 5.69 Å². The van der Waals surface area contributed by atoms with E-state index in [1.807, 2.05) is 0 Å². The molecule has 0 saturated heterocycles. The maximum atomic E-state index is 5.20. The van der Waals surface area contributed by atoms with Crippen molar-refractivity contribution in [1.82, 2.24) is 0 Å². The standard InChI is InChI=1S/C41H56N.C2H5.ClH.Ni/c1-7-11-13-15-16-19-25-38-29-35(26-32(5)41(38)10-4)28-36(9-3)33(6)42-40-30-34(22-18-14-12-8-2)27-39(31-40)37-23-20-17-21-24-37;1-2;;/h17,20-21,23-24,26-27,29-31H,7-16,18-19,22,25H2,1-6H3;1H2,2H3;1H;/q2*-1;;+1/p-1. The molecule has 0 aliphatic heterocycles. The summed E-state index contributed by atoms with van der Waals surface area (Å²) in [5, 5.41) is 0.